The van der Waals surface area contributed by atoms with E-state index in [2.05, 4.69) is 5.32 Å². The Morgan fingerprint density at radius 1 is 1.00 bits per heavy atom. The zero-order valence-corrected chi connectivity index (χ0v) is 22.4. The Labute approximate surface area is 210 Å². The van der Waals surface area contributed by atoms with E-state index in [0.717, 1.165) is 23.1 Å². The van der Waals surface area contributed by atoms with Gasteiger partial charge in [-0.1, -0.05) is 43.3 Å². The summed E-state index contributed by atoms with van der Waals surface area (Å²) in [5, 5.41) is 2.87. The molecule has 0 aliphatic carbocycles. The summed E-state index contributed by atoms with van der Waals surface area (Å²) >= 11 is 0. The molecule has 7 nitrogen and oxygen atoms in total. The molecule has 1 N–H and O–H groups in total. The summed E-state index contributed by atoms with van der Waals surface area (Å²) in [6, 6.07) is 14.8. The molecule has 0 bridgehead atoms. The Hall–Kier alpha value is -2.87. The first-order valence-electron chi connectivity index (χ1n) is 12.2. The van der Waals surface area contributed by atoms with Crippen LogP contribution in [-0.2, 0) is 26.0 Å². The number of carbonyl (C=O) groups excluding carboxylic acids is 2. The number of nitrogens with zero attached hydrogens (tertiary/aromatic N) is 2. The molecule has 0 heterocycles. The van der Waals surface area contributed by atoms with Gasteiger partial charge in [0, 0.05) is 26.1 Å². The fraction of sp³-hybridized carbons (Fsp3) is 0.481. The average Bonchev–Trinajstić information content (AvgIpc) is 2.82. The zero-order chi connectivity index (χ0) is 26.0. The Kier molecular flexibility index (Phi) is 10.8. The third-order valence-corrected chi connectivity index (χ3v) is 7.33. The first kappa shape index (κ1) is 28.4. The highest BCUT2D eigenvalue weighted by molar-refractivity contribution is 7.92. The molecule has 2 aromatic rings. The molecule has 0 aromatic heterocycles. The summed E-state index contributed by atoms with van der Waals surface area (Å²) in [5.74, 6) is -0.338. The van der Waals surface area contributed by atoms with Gasteiger partial charge < -0.3 is 10.2 Å². The van der Waals surface area contributed by atoms with Crippen LogP contribution in [0.1, 0.15) is 49.8 Å². The van der Waals surface area contributed by atoms with Crippen molar-refractivity contribution in [3.8, 4) is 0 Å². The van der Waals surface area contributed by atoms with Gasteiger partial charge in [0.25, 0.3) is 0 Å². The van der Waals surface area contributed by atoms with Crippen LogP contribution in [0.2, 0.25) is 0 Å². The molecule has 1 atom stereocenters. The van der Waals surface area contributed by atoms with Gasteiger partial charge in [0.15, 0.2) is 0 Å². The van der Waals surface area contributed by atoms with Crippen LogP contribution in [0.15, 0.2) is 48.5 Å². The van der Waals surface area contributed by atoms with E-state index in [1.165, 1.54) is 10.6 Å². The van der Waals surface area contributed by atoms with Crippen molar-refractivity contribution < 1.29 is 18.0 Å². The number of benzene rings is 2. The predicted molar refractivity (Wildman–Crippen MR) is 142 cm³/mol. The van der Waals surface area contributed by atoms with Gasteiger partial charge in [0.1, 0.15) is 6.04 Å². The van der Waals surface area contributed by atoms with Gasteiger partial charge in [0.05, 0.1) is 11.9 Å². The van der Waals surface area contributed by atoms with E-state index in [-0.39, 0.29) is 24.8 Å². The lowest BCUT2D eigenvalue weighted by Crippen LogP contribution is -2.49. The average molecular weight is 502 g/mol. The lowest BCUT2D eigenvalue weighted by atomic mass is 10.1. The van der Waals surface area contributed by atoms with Crippen LogP contribution in [0.25, 0.3) is 0 Å². The van der Waals surface area contributed by atoms with Crippen molar-refractivity contribution in [3.63, 3.8) is 0 Å². The summed E-state index contributed by atoms with van der Waals surface area (Å²) < 4.78 is 26.3. The number of amides is 2. The van der Waals surface area contributed by atoms with Crippen LogP contribution in [-0.4, -0.2) is 57.1 Å². The minimum absolute atomic E-state index is 0.150. The van der Waals surface area contributed by atoms with Crippen molar-refractivity contribution in [2.75, 3.05) is 30.2 Å². The summed E-state index contributed by atoms with van der Waals surface area (Å²) in [7, 11) is -3.51. The van der Waals surface area contributed by atoms with E-state index in [4.69, 9.17) is 0 Å². The lowest BCUT2D eigenvalue weighted by Gasteiger charge is -2.29. The standard InChI is InChI=1S/C27H39N3O4S/c1-6-17-28-27(32)23(4)29(19-16-24-11-8-7-9-12-24)26(31)13-10-18-30(35(5,33)34)25-15-14-21(2)22(3)20-25/h7-9,11-12,14-15,20,23H,6,10,13,16-19H2,1-5H3,(H,28,32)/t23-/m0/s1. The number of nitrogens with one attached hydrogen (secondary N) is 1. The number of sulfonamides is 1. The molecular weight excluding hydrogens is 462 g/mol. The molecular formula is C27H39N3O4S. The molecule has 0 radical (unpaired) electrons. The molecule has 0 unspecified atom stereocenters. The van der Waals surface area contributed by atoms with Crippen LogP contribution < -0.4 is 9.62 Å². The molecule has 0 fully saturated rings. The van der Waals surface area contributed by atoms with Crippen molar-refractivity contribution in [3.05, 3.63) is 65.2 Å². The maximum absolute atomic E-state index is 13.2. The fourth-order valence-corrected chi connectivity index (χ4v) is 4.81. The number of anilines is 1. The normalized spacial score (nSPS) is 12.1. The van der Waals surface area contributed by atoms with E-state index in [0.29, 0.717) is 31.6 Å². The van der Waals surface area contributed by atoms with Crippen LogP contribution in [0, 0.1) is 13.8 Å². The summed E-state index contributed by atoms with van der Waals surface area (Å²) in [6.45, 7) is 8.80. The highest BCUT2D eigenvalue weighted by Gasteiger charge is 2.26. The van der Waals surface area contributed by atoms with E-state index >= 15 is 0 Å². The predicted octanol–water partition coefficient (Wildman–Crippen LogP) is 3.84. The van der Waals surface area contributed by atoms with Crippen molar-refractivity contribution in [1.82, 2.24) is 10.2 Å². The number of rotatable bonds is 13. The maximum Gasteiger partial charge on any atom is 0.242 e. The summed E-state index contributed by atoms with van der Waals surface area (Å²) in [6.07, 6.45) is 3.13. The van der Waals surface area contributed by atoms with Gasteiger partial charge in [-0.15, -0.1) is 0 Å². The van der Waals surface area contributed by atoms with E-state index in [1.807, 2.05) is 63.2 Å². The van der Waals surface area contributed by atoms with Gasteiger partial charge in [0.2, 0.25) is 21.8 Å². The van der Waals surface area contributed by atoms with Gasteiger partial charge in [-0.05, 0) is 68.9 Å². The van der Waals surface area contributed by atoms with Crippen molar-refractivity contribution in [2.45, 2.75) is 59.4 Å². The Morgan fingerprint density at radius 2 is 1.69 bits per heavy atom. The second-order valence-electron chi connectivity index (χ2n) is 9.00. The molecule has 0 aliphatic heterocycles. The SMILES string of the molecule is CCCNC(=O)[C@H](C)N(CCc1ccccc1)C(=O)CCCN(c1ccc(C)c(C)c1)S(C)(=O)=O. The molecule has 0 saturated carbocycles. The molecule has 0 aliphatic rings. The van der Waals surface area contributed by atoms with Crippen molar-refractivity contribution in [1.29, 1.82) is 0 Å². The summed E-state index contributed by atoms with van der Waals surface area (Å²) in [4.78, 5) is 27.5. The third kappa shape index (κ3) is 8.69. The van der Waals surface area contributed by atoms with Gasteiger partial charge in [-0.2, -0.15) is 0 Å². The maximum atomic E-state index is 13.2. The minimum Gasteiger partial charge on any atom is -0.354 e. The molecule has 8 heteroatoms. The number of carbonyl (C=O) groups is 2. The van der Waals surface area contributed by atoms with E-state index < -0.39 is 16.1 Å². The van der Waals surface area contributed by atoms with Crippen molar-refractivity contribution in [2.24, 2.45) is 0 Å². The smallest absolute Gasteiger partial charge is 0.242 e. The van der Waals surface area contributed by atoms with Crippen LogP contribution in [0.5, 0.6) is 0 Å². The Bertz CT molecular complexity index is 1090. The Balaban J connectivity index is 2.11. The third-order valence-electron chi connectivity index (χ3n) is 6.13. The van der Waals surface area contributed by atoms with Gasteiger partial charge >= 0.3 is 0 Å². The topological polar surface area (TPSA) is 86.8 Å². The lowest BCUT2D eigenvalue weighted by molar-refractivity contribution is -0.139. The highest BCUT2D eigenvalue weighted by Crippen LogP contribution is 2.22. The monoisotopic (exact) mass is 501 g/mol. The minimum atomic E-state index is -3.51. The molecule has 192 valence electrons. The number of aryl methyl sites for hydroxylation is 2. The zero-order valence-electron chi connectivity index (χ0n) is 21.6. The van der Waals surface area contributed by atoms with Gasteiger partial charge in [-0.25, -0.2) is 8.42 Å². The first-order chi connectivity index (χ1) is 16.5. The fourth-order valence-electron chi connectivity index (χ4n) is 3.85. The quantitative estimate of drug-likeness (QED) is 0.452. The summed E-state index contributed by atoms with van der Waals surface area (Å²) in [5.41, 5.74) is 3.77. The number of hydrogen-bond acceptors (Lipinski definition) is 4. The molecule has 2 rings (SSSR count). The van der Waals surface area contributed by atoms with E-state index in [1.54, 1.807) is 17.9 Å². The largest absolute Gasteiger partial charge is 0.354 e. The highest BCUT2D eigenvalue weighted by atomic mass is 32.2. The van der Waals surface area contributed by atoms with Crippen LogP contribution >= 0.6 is 0 Å². The second kappa shape index (κ2) is 13.3. The number of hydrogen-bond donors (Lipinski definition) is 1. The molecule has 35 heavy (non-hydrogen) atoms. The first-order valence-corrected chi connectivity index (χ1v) is 14.1. The van der Waals surface area contributed by atoms with Gasteiger partial charge in [-0.3, -0.25) is 13.9 Å². The Morgan fingerprint density at radius 3 is 2.29 bits per heavy atom. The molecule has 0 spiro atoms. The second-order valence-corrected chi connectivity index (χ2v) is 10.9. The van der Waals surface area contributed by atoms with Crippen molar-refractivity contribution >= 4 is 27.5 Å². The van der Waals surface area contributed by atoms with Crippen LogP contribution in [0.4, 0.5) is 5.69 Å². The molecule has 2 aromatic carbocycles. The van der Waals surface area contributed by atoms with Crippen LogP contribution in [0.3, 0.4) is 0 Å². The molecule has 0 saturated heterocycles. The van der Waals surface area contributed by atoms with E-state index in [9.17, 15) is 18.0 Å². The molecule has 2 amide bonds.